The van der Waals surface area contributed by atoms with Crippen LogP contribution in [0.5, 0.6) is 0 Å². The molecule has 0 heterocycles. The lowest BCUT2D eigenvalue weighted by Gasteiger charge is -2.27. The van der Waals surface area contributed by atoms with Crippen LogP contribution in [0.25, 0.3) is 0 Å². The quantitative estimate of drug-likeness (QED) is 0.0357. The fourth-order valence-corrected chi connectivity index (χ4v) is 5.77. The number of rotatable bonds is 34. The summed E-state index contributed by atoms with van der Waals surface area (Å²) in [5.74, 6) is -0.599. The number of hydrogen-bond donors (Lipinski definition) is 5. The molecule has 0 aromatic rings. The van der Waals surface area contributed by atoms with Crippen molar-refractivity contribution in [2.24, 2.45) is 0 Å². The van der Waals surface area contributed by atoms with Gasteiger partial charge in [0.05, 0.1) is 18.8 Å². The third-order valence-electron chi connectivity index (χ3n) is 8.89. The van der Waals surface area contributed by atoms with Crippen molar-refractivity contribution in [3.8, 4) is 0 Å². The summed E-state index contributed by atoms with van der Waals surface area (Å²) in [5, 5.41) is 43.4. The van der Waals surface area contributed by atoms with Gasteiger partial charge in [-0.3, -0.25) is 4.79 Å². The third-order valence-corrected chi connectivity index (χ3v) is 8.89. The molecule has 4 unspecified atom stereocenters. The largest absolute Gasteiger partial charge is 0.394 e. The zero-order valence-electron chi connectivity index (χ0n) is 29.6. The van der Waals surface area contributed by atoms with Crippen molar-refractivity contribution in [3.05, 3.63) is 24.3 Å². The minimum atomic E-state index is -1.28. The minimum Gasteiger partial charge on any atom is -0.394 e. The van der Waals surface area contributed by atoms with Gasteiger partial charge in [-0.25, -0.2) is 0 Å². The Kier molecular flexibility index (Phi) is 33.2. The van der Waals surface area contributed by atoms with E-state index >= 15 is 0 Å². The van der Waals surface area contributed by atoms with Crippen LogP contribution in [-0.2, 0) is 4.79 Å². The van der Waals surface area contributed by atoms with Gasteiger partial charge in [0, 0.05) is 0 Å². The molecule has 266 valence electrons. The number of amides is 1. The molecular weight excluding hydrogens is 562 g/mol. The molecule has 0 spiro atoms. The first kappa shape index (κ1) is 43.8. The molecule has 45 heavy (non-hydrogen) atoms. The van der Waals surface area contributed by atoms with Crippen LogP contribution >= 0.6 is 0 Å². The Morgan fingerprint density at radius 2 is 0.933 bits per heavy atom. The van der Waals surface area contributed by atoms with Gasteiger partial charge in [-0.15, -0.1) is 0 Å². The topological polar surface area (TPSA) is 110 Å². The van der Waals surface area contributed by atoms with E-state index in [1.807, 2.05) is 0 Å². The Bertz CT molecular complexity index is 682. The van der Waals surface area contributed by atoms with Gasteiger partial charge < -0.3 is 25.7 Å². The van der Waals surface area contributed by atoms with E-state index < -0.39 is 36.9 Å². The van der Waals surface area contributed by atoms with Crippen LogP contribution in [0.3, 0.4) is 0 Å². The maximum Gasteiger partial charge on any atom is 0.249 e. The standard InChI is InChI=1S/C39H75NO5/c1-3-5-7-9-11-13-15-17-18-19-20-21-23-24-26-28-30-32-36(42)38(44)35(34-41)40-39(45)37(43)33-31-29-27-25-22-16-14-12-10-8-6-4-2/h19-20,24,26,35-38,41-44H,3-18,21-23,25,27-34H2,1-2H3,(H,40,45)/b20-19+,26-24+. The van der Waals surface area contributed by atoms with Crippen molar-refractivity contribution in [2.75, 3.05) is 6.61 Å². The second-order valence-corrected chi connectivity index (χ2v) is 13.3. The number of nitrogens with one attached hydrogen (secondary N) is 1. The highest BCUT2D eigenvalue weighted by atomic mass is 16.3. The Labute approximate surface area is 278 Å². The molecule has 5 N–H and O–H groups in total. The summed E-state index contributed by atoms with van der Waals surface area (Å²) in [5.41, 5.74) is 0. The van der Waals surface area contributed by atoms with Crippen LogP contribution in [-0.4, -0.2) is 57.3 Å². The molecule has 0 saturated heterocycles. The average molecular weight is 638 g/mol. The summed E-state index contributed by atoms with van der Waals surface area (Å²) >= 11 is 0. The van der Waals surface area contributed by atoms with E-state index in [-0.39, 0.29) is 0 Å². The van der Waals surface area contributed by atoms with Crippen LogP contribution in [0.2, 0.25) is 0 Å². The summed E-state index contributed by atoms with van der Waals surface area (Å²) in [6.45, 7) is 4.01. The van der Waals surface area contributed by atoms with Gasteiger partial charge in [0.15, 0.2) is 0 Å². The summed E-state index contributed by atoms with van der Waals surface area (Å²) in [6, 6.07) is -1.00. The van der Waals surface area contributed by atoms with Crippen LogP contribution < -0.4 is 5.32 Å². The van der Waals surface area contributed by atoms with E-state index in [1.54, 1.807) is 0 Å². The molecule has 0 fully saturated rings. The number of allylic oxidation sites excluding steroid dienone is 4. The van der Waals surface area contributed by atoms with Crippen molar-refractivity contribution in [2.45, 2.75) is 212 Å². The number of unbranched alkanes of at least 4 members (excludes halogenated alkanes) is 21. The summed E-state index contributed by atoms with van der Waals surface area (Å²) < 4.78 is 0. The van der Waals surface area contributed by atoms with Gasteiger partial charge in [-0.1, -0.05) is 160 Å². The van der Waals surface area contributed by atoms with Gasteiger partial charge >= 0.3 is 0 Å². The van der Waals surface area contributed by atoms with E-state index in [4.69, 9.17) is 0 Å². The molecule has 0 rings (SSSR count). The SMILES string of the molecule is CCCCCCCCCC/C=C/CC/C=C/CCCC(O)C(O)C(CO)NC(=O)C(O)CCCCCCCCCCCCCC. The maximum absolute atomic E-state index is 12.4. The molecular formula is C39H75NO5. The molecule has 0 bridgehead atoms. The third kappa shape index (κ3) is 28.7. The lowest BCUT2D eigenvalue weighted by Crippen LogP contribution is -2.53. The molecule has 0 aliphatic heterocycles. The highest BCUT2D eigenvalue weighted by molar-refractivity contribution is 5.80. The number of aliphatic hydroxyl groups excluding tert-OH is 4. The molecule has 0 radical (unpaired) electrons. The molecule has 4 atom stereocenters. The lowest BCUT2D eigenvalue weighted by molar-refractivity contribution is -0.132. The van der Waals surface area contributed by atoms with Gasteiger partial charge in [-0.05, 0) is 51.4 Å². The number of carbonyl (C=O) groups excluding carboxylic acids is 1. The molecule has 0 aliphatic rings. The minimum absolute atomic E-state index is 0.363. The molecule has 6 heteroatoms. The Morgan fingerprint density at radius 3 is 1.40 bits per heavy atom. The van der Waals surface area contributed by atoms with Crippen molar-refractivity contribution >= 4 is 5.91 Å². The van der Waals surface area contributed by atoms with Gasteiger partial charge in [0.25, 0.3) is 0 Å². The first-order chi connectivity index (χ1) is 22.0. The predicted molar refractivity (Wildman–Crippen MR) is 191 cm³/mol. The van der Waals surface area contributed by atoms with Crippen LogP contribution in [0, 0.1) is 0 Å². The smallest absolute Gasteiger partial charge is 0.249 e. The van der Waals surface area contributed by atoms with Crippen molar-refractivity contribution < 1.29 is 25.2 Å². The van der Waals surface area contributed by atoms with Crippen molar-refractivity contribution in [1.82, 2.24) is 5.32 Å². The average Bonchev–Trinajstić information content (AvgIpc) is 3.04. The van der Waals surface area contributed by atoms with Gasteiger partial charge in [-0.2, -0.15) is 0 Å². The van der Waals surface area contributed by atoms with Crippen LogP contribution in [0.1, 0.15) is 187 Å². The van der Waals surface area contributed by atoms with Gasteiger partial charge in [0.2, 0.25) is 5.91 Å². The highest BCUT2D eigenvalue weighted by Crippen LogP contribution is 2.14. The molecule has 6 nitrogen and oxygen atoms in total. The van der Waals surface area contributed by atoms with Crippen molar-refractivity contribution in [1.29, 1.82) is 0 Å². The number of aliphatic hydroxyl groups is 4. The Hall–Kier alpha value is -1.21. The fraction of sp³-hybridized carbons (Fsp3) is 0.872. The second-order valence-electron chi connectivity index (χ2n) is 13.3. The zero-order chi connectivity index (χ0) is 33.2. The van der Waals surface area contributed by atoms with E-state index in [9.17, 15) is 25.2 Å². The first-order valence-electron chi connectivity index (χ1n) is 19.2. The van der Waals surface area contributed by atoms with E-state index in [1.165, 1.54) is 116 Å². The molecule has 0 aromatic carbocycles. The fourth-order valence-electron chi connectivity index (χ4n) is 5.77. The van der Waals surface area contributed by atoms with Crippen LogP contribution in [0.4, 0.5) is 0 Å². The normalized spacial score (nSPS) is 14.7. The zero-order valence-corrected chi connectivity index (χ0v) is 29.6. The van der Waals surface area contributed by atoms with Crippen molar-refractivity contribution in [3.63, 3.8) is 0 Å². The molecule has 1 amide bonds. The maximum atomic E-state index is 12.4. The summed E-state index contributed by atoms with van der Waals surface area (Å²) in [7, 11) is 0. The van der Waals surface area contributed by atoms with Gasteiger partial charge in [0.1, 0.15) is 12.2 Å². The summed E-state index contributed by atoms with van der Waals surface area (Å²) in [6.07, 6.45) is 36.3. The Morgan fingerprint density at radius 1 is 0.533 bits per heavy atom. The number of hydrogen-bond acceptors (Lipinski definition) is 5. The Balaban J connectivity index is 3.87. The number of carbonyl (C=O) groups is 1. The highest BCUT2D eigenvalue weighted by Gasteiger charge is 2.28. The molecule has 0 aliphatic carbocycles. The first-order valence-corrected chi connectivity index (χ1v) is 19.2. The summed E-state index contributed by atoms with van der Waals surface area (Å²) in [4.78, 5) is 12.4. The van der Waals surface area contributed by atoms with E-state index in [0.717, 1.165) is 38.5 Å². The van der Waals surface area contributed by atoms with E-state index in [0.29, 0.717) is 19.3 Å². The lowest BCUT2D eigenvalue weighted by atomic mass is 10.00. The van der Waals surface area contributed by atoms with E-state index in [2.05, 4.69) is 43.5 Å². The second kappa shape index (κ2) is 34.1. The molecule has 0 saturated carbocycles. The predicted octanol–water partition coefficient (Wildman–Crippen LogP) is 9.23. The van der Waals surface area contributed by atoms with Crippen LogP contribution in [0.15, 0.2) is 24.3 Å². The monoisotopic (exact) mass is 638 g/mol. The molecule has 0 aromatic heterocycles.